The highest BCUT2D eigenvalue weighted by Crippen LogP contribution is 2.16. The summed E-state index contributed by atoms with van der Waals surface area (Å²) in [5, 5.41) is 0. The van der Waals surface area contributed by atoms with Gasteiger partial charge >= 0.3 is 0 Å². The van der Waals surface area contributed by atoms with Crippen LogP contribution in [-0.4, -0.2) is 0 Å². The number of hydrogen-bond donors (Lipinski definition) is 0. The van der Waals surface area contributed by atoms with Crippen LogP contribution in [0.15, 0.2) is 0 Å². The summed E-state index contributed by atoms with van der Waals surface area (Å²) < 4.78 is 0. The molecule has 0 N–H and O–H groups in total. The molecule has 0 saturated heterocycles. The van der Waals surface area contributed by atoms with E-state index in [0.29, 0.717) is 5.41 Å². The first-order valence-electron chi connectivity index (χ1n) is 2.56. The van der Waals surface area contributed by atoms with Crippen LogP contribution in [0, 0.1) is 5.41 Å². The molecule has 7 heavy (non-hydrogen) atoms. The van der Waals surface area contributed by atoms with Gasteiger partial charge in [0.2, 0.25) is 0 Å². The van der Waals surface area contributed by atoms with Crippen LogP contribution >= 0.6 is 9.90 Å². The predicted octanol–water partition coefficient (Wildman–Crippen LogP) is 2.50. The SMILES string of the molecule is CCC(C)(C)C.P. The first-order valence-corrected chi connectivity index (χ1v) is 2.56. The predicted molar refractivity (Wildman–Crippen MR) is 40.9 cm³/mol. The van der Waals surface area contributed by atoms with Gasteiger partial charge in [0.1, 0.15) is 0 Å². The fourth-order valence-electron chi connectivity index (χ4n) is 0. The van der Waals surface area contributed by atoms with Crippen LogP contribution in [0.2, 0.25) is 0 Å². The molecule has 46 valence electrons. The smallest absolute Gasteiger partial charge is 0.0385 e. The maximum absolute atomic E-state index is 2.24. The molecular formula is C6H17P. The zero-order valence-electron chi connectivity index (χ0n) is 5.91. The van der Waals surface area contributed by atoms with Crippen LogP contribution in [0.1, 0.15) is 34.1 Å². The second kappa shape index (κ2) is 3.43. The summed E-state index contributed by atoms with van der Waals surface area (Å²) in [6.45, 7) is 8.94. The molecule has 0 radical (unpaired) electrons. The van der Waals surface area contributed by atoms with E-state index in [1.807, 2.05) is 0 Å². The highest BCUT2D eigenvalue weighted by atomic mass is 31.0. The van der Waals surface area contributed by atoms with Crippen molar-refractivity contribution >= 4 is 9.90 Å². The van der Waals surface area contributed by atoms with Gasteiger partial charge in [-0.25, -0.2) is 0 Å². The van der Waals surface area contributed by atoms with Gasteiger partial charge in [0.15, 0.2) is 0 Å². The van der Waals surface area contributed by atoms with Crippen LogP contribution in [-0.2, 0) is 0 Å². The Balaban J connectivity index is 0. The molecule has 0 nitrogen and oxygen atoms in total. The third kappa shape index (κ3) is 10.7. The molecule has 0 amide bonds. The lowest BCUT2D eigenvalue weighted by atomic mass is 9.94. The summed E-state index contributed by atoms with van der Waals surface area (Å²) in [5.74, 6) is 0. The molecule has 0 aliphatic heterocycles. The highest BCUT2D eigenvalue weighted by Gasteiger charge is 2.03. The Bertz CT molecular complexity index is 33.9. The zero-order valence-corrected chi connectivity index (χ0v) is 7.33. The number of rotatable bonds is 0. The fraction of sp³-hybridized carbons (Fsp3) is 1.00. The van der Waals surface area contributed by atoms with Gasteiger partial charge in [-0.2, -0.15) is 9.90 Å². The van der Waals surface area contributed by atoms with E-state index in [0.717, 1.165) is 0 Å². The van der Waals surface area contributed by atoms with Crippen molar-refractivity contribution in [2.75, 3.05) is 0 Å². The van der Waals surface area contributed by atoms with E-state index in [1.54, 1.807) is 0 Å². The van der Waals surface area contributed by atoms with Gasteiger partial charge in [0.05, 0.1) is 0 Å². The third-order valence-electron chi connectivity index (χ3n) is 1.06. The summed E-state index contributed by atoms with van der Waals surface area (Å²) >= 11 is 0. The molecule has 0 bridgehead atoms. The maximum atomic E-state index is 2.24. The van der Waals surface area contributed by atoms with Gasteiger partial charge in [-0.3, -0.25) is 0 Å². The van der Waals surface area contributed by atoms with Gasteiger partial charge in [-0.05, 0) is 5.41 Å². The molecule has 0 rings (SSSR count). The molecule has 1 atom stereocenters. The minimum absolute atomic E-state index is 0. The average Bonchev–Trinajstić information content (AvgIpc) is 1.35. The van der Waals surface area contributed by atoms with Gasteiger partial charge in [-0.1, -0.05) is 34.1 Å². The van der Waals surface area contributed by atoms with Crippen molar-refractivity contribution in [1.29, 1.82) is 0 Å². The quantitative estimate of drug-likeness (QED) is 0.431. The molecular weight excluding hydrogens is 103 g/mol. The normalized spacial score (nSPS) is 10.3. The Labute approximate surface area is 50.3 Å². The van der Waals surface area contributed by atoms with Gasteiger partial charge in [0.25, 0.3) is 0 Å². The maximum Gasteiger partial charge on any atom is -0.0385 e. The minimum atomic E-state index is 0. The molecule has 1 unspecified atom stereocenters. The Kier molecular flexibility index (Phi) is 5.11. The fourth-order valence-corrected chi connectivity index (χ4v) is 0. The third-order valence-corrected chi connectivity index (χ3v) is 1.06. The van der Waals surface area contributed by atoms with Crippen molar-refractivity contribution in [2.24, 2.45) is 5.41 Å². The molecule has 0 aromatic carbocycles. The Morgan fingerprint density at radius 2 is 1.29 bits per heavy atom. The monoisotopic (exact) mass is 120 g/mol. The number of hydrogen-bond acceptors (Lipinski definition) is 0. The van der Waals surface area contributed by atoms with Crippen molar-refractivity contribution in [1.82, 2.24) is 0 Å². The van der Waals surface area contributed by atoms with Gasteiger partial charge in [0, 0.05) is 0 Å². The van der Waals surface area contributed by atoms with Crippen molar-refractivity contribution in [3.63, 3.8) is 0 Å². The van der Waals surface area contributed by atoms with E-state index in [9.17, 15) is 0 Å². The van der Waals surface area contributed by atoms with Crippen molar-refractivity contribution in [3.8, 4) is 0 Å². The lowest BCUT2D eigenvalue weighted by Gasteiger charge is -2.12. The first kappa shape index (κ1) is 10.4. The van der Waals surface area contributed by atoms with Gasteiger partial charge in [-0.15, -0.1) is 0 Å². The molecule has 0 aliphatic carbocycles. The Hall–Kier alpha value is 0.430. The zero-order chi connectivity index (χ0) is 5.21. The molecule has 0 aromatic rings. The van der Waals surface area contributed by atoms with Crippen LogP contribution < -0.4 is 0 Å². The van der Waals surface area contributed by atoms with E-state index in [4.69, 9.17) is 0 Å². The summed E-state index contributed by atoms with van der Waals surface area (Å²) in [6, 6.07) is 0. The summed E-state index contributed by atoms with van der Waals surface area (Å²) in [5.41, 5.74) is 0.542. The minimum Gasteiger partial charge on any atom is -0.153 e. The van der Waals surface area contributed by atoms with Crippen molar-refractivity contribution < 1.29 is 0 Å². The lowest BCUT2D eigenvalue weighted by Crippen LogP contribution is -2.00. The molecule has 0 aromatic heterocycles. The highest BCUT2D eigenvalue weighted by molar-refractivity contribution is 6.92. The first-order chi connectivity index (χ1) is 2.56. The second-order valence-corrected chi connectivity index (χ2v) is 2.91. The Morgan fingerprint density at radius 1 is 1.14 bits per heavy atom. The standard InChI is InChI=1S/C6H14.H3P/c1-5-6(2,3)4;/h5H2,1-4H3;1H3. The summed E-state index contributed by atoms with van der Waals surface area (Å²) in [7, 11) is 0. The average molecular weight is 120 g/mol. The molecule has 0 heterocycles. The van der Waals surface area contributed by atoms with Gasteiger partial charge < -0.3 is 0 Å². The van der Waals surface area contributed by atoms with E-state index in [-0.39, 0.29) is 9.90 Å². The molecule has 0 fully saturated rings. The van der Waals surface area contributed by atoms with Crippen molar-refractivity contribution in [3.05, 3.63) is 0 Å². The van der Waals surface area contributed by atoms with E-state index >= 15 is 0 Å². The largest absolute Gasteiger partial charge is 0.153 e. The second-order valence-electron chi connectivity index (χ2n) is 2.91. The van der Waals surface area contributed by atoms with E-state index < -0.39 is 0 Å². The molecule has 0 spiro atoms. The van der Waals surface area contributed by atoms with E-state index in [1.165, 1.54) is 6.42 Å². The van der Waals surface area contributed by atoms with Crippen LogP contribution in [0.4, 0.5) is 0 Å². The Morgan fingerprint density at radius 3 is 1.29 bits per heavy atom. The topological polar surface area (TPSA) is 0 Å². The van der Waals surface area contributed by atoms with Crippen LogP contribution in [0.25, 0.3) is 0 Å². The lowest BCUT2D eigenvalue weighted by molar-refractivity contribution is 0.398. The van der Waals surface area contributed by atoms with Crippen molar-refractivity contribution in [2.45, 2.75) is 34.1 Å². The van der Waals surface area contributed by atoms with Crippen LogP contribution in [0.5, 0.6) is 0 Å². The molecule has 1 heteroatoms. The van der Waals surface area contributed by atoms with Crippen LogP contribution in [0.3, 0.4) is 0 Å². The summed E-state index contributed by atoms with van der Waals surface area (Å²) in [6.07, 6.45) is 1.27. The van der Waals surface area contributed by atoms with E-state index in [2.05, 4.69) is 27.7 Å². The molecule has 0 aliphatic rings. The molecule has 0 saturated carbocycles. The summed E-state index contributed by atoms with van der Waals surface area (Å²) in [4.78, 5) is 0.